The molecule has 0 aliphatic heterocycles. The third-order valence-corrected chi connectivity index (χ3v) is 2.70. The van der Waals surface area contributed by atoms with Crippen LogP contribution in [0.3, 0.4) is 0 Å². The molecule has 0 unspecified atom stereocenters. The van der Waals surface area contributed by atoms with Gasteiger partial charge in [0.05, 0.1) is 0 Å². The number of carboxylic acids is 1. The predicted octanol–water partition coefficient (Wildman–Crippen LogP) is 0.688. The fourth-order valence-electron chi connectivity index (χ4n) is 1.92. The standard InChI is InChI=1S/C13H25N3O4/c1-9(2)6-10(7-12(18)19)8-16-13(20)15-5-3-4-11(14)17/h9-10H,3-8H2,1-2H3,(H2,14,17)(H,18,19)(H2,15,16,20)/t10-/m0/s1. The lowest BCUT2D eigenvalue weighted by atomic mass is 9.94. The molecule has 3 amide bonds. The first-order chi connectivity index (χ1) is 9.31. The van der Waals surface area contributed by atoms with E-state index in [0.29, 0.717) is 25.4 Å². The second-order valence-corrected chi connectivity index (χ2v) is 5.30. The normalized spacial score (nSPS) is 11.9. The van der Waals surface area contributed by atoms with E-state index in [1.165, 1.54) is 0 Å². The van der Waals surface area contributed by atoms with E-state index in [1.807, 2.05) is 13.8 Å². The van der Waals surface area contributed by atoms with Gasteiger partial charge in [0.25, 0.3) is 0 Å². The van der Waals surface area contributed by atoms with Gasteiger partial charge in [-0.1, -0.05) is 13.8 Å². The highest BCUT2D eigenvalue weighted by Gasteiger charge is 2.15. The molecule has 5 N–H and O–H groups in total. The Morgan fingerprint density at radius 3 is 2.35 bits per heavy atom. The minimum atomic E-state index is -0.862. The molecule has 0 aliphatic carbocycles. The number of nitrogens with two attached hydrogens (primary N) is 1. The number of aliphatic carboxylic acids is 1. The summed E-state index contributed by atoms with van der Waals surface area (Å²) in [4.78, 5) is 32.7. The largest absolute Gasteiger partial charge is 0.481 e. The van der Waals surface area contributed by atoms with Crippen LogP contribution < -0.4 is 16.4 Å². The molecule has 0 aromatic heterocycles. The first kappa shape index (κ1) is 18.2. The van der Waals surface area contributed by atoms with E-state index in [4.69, 9.17) is 10.8 Å². The summed E-state index contributed by atoms with van der Waals surface area (Å²) in [5.41, 5.74) is 4.98. The maximum absolute atomic E-state index is 11.5. The van der Waals surface area contributed by atoms with Crippen molar-refractivity contribution >= 4 is 17.9 Å². The van der Waals surface area contributed by atoms with Gasteiger partial charge in [0.2, 0.25) is 5.91 Å². The Bertz CT molecular complexity index is 332. The first-order valence-corrected chi connectivity index (χ1v) is 6.83. The number of hydrogen-bond donors (Lipinski definition) is 4. The number of nitrogens with one attached hydrogen (secondary N) is 2. The Kier molecular flexibility index (Phi) is 9.15. The Morgan fingerprint density at radius 2 is 1.85 bits per heavy atom. The highest BCUT2D eigenvalue weighted by atomic mass is 16.4. The second-order valence-electron chi connectivity index (χ2n) is 5.30. The molecule has 1 atom stereocenters. The van der Waals surface area contributed by atoms with E-state index in [9.17, 15) is 14.4 Å². The van der Waals surface area contributed by atoms with Crippen LogP contribution in [-0.4, -0.2) is 36.1 Å². The lowest BCUT2D eigenvalue weighted by Gasteiger charge is -2.18. The first-order valence-electron chi connectivity index (χ1n) is 6.83. The quantitative estimate of drug-likeness (QED) is 0.441. The van der Waals surface area contributed by atoms with Crippen molar-refractivity contribution < 1.29 is 19.5 Å². The fourth-order valence-corrected chi connectivity index (χ4v) is 1.92. The molecule has 0 radical (unpaired) electrons. The minimum absolute atomic E-state index is 0.0418. The molecular formula is C13H25N3O4. The molecule has 7 heteroatoms. The summed E-state index contributed by atoms with van der Waals surface area (Å²) in [6, 6.07) is -0.353. The topological polar surface area (TPSA) is 122 Å². The number of carbonyl (C=O) groups is 3. The average Bonchev–Trinajstić information content (AvgIpc) is 2.30. The van der Waals surface area contributed by atoms with Gasteiger partial charge in [-0.25, -0.2) is 4.79 Å². The Morgan fingerprint density at radius 1 is 1.20 bits per heavy atom. The molecule has 0 saturated heterocycles. The van der Waals surface area contributed by atoms with E-state index in [1.54, 1.807) is 0 Å². The summed E-state index contributed by atoms with van der Waals surface area (Å²) in [6.07, 6.45) is 1.51. The SMILES string of the molecule is CC(C)C[C@H](CNC(=O)NCCCC(N)=O)CC(=O)O. The van der Waals surface area contributed by atoms with Crippen molar-refractivity contribution in [3.63, 3.8) is 0 Å². The Labute approximate surface area is 119 Å². The molecule has 0 heterocycles. The molecule has 0 spiro atoms. The second kappa shape index (κ2) is 10.1. The molecule has 0 aromatic rings. The number of amides is 3. The van der Waals surface area contributed by atoms with Crippen molar-refractivity contribution in [2.24, 2.45) is 17.6 Å². The van der Waals surface area contributed by atoms with Crippen molar-refractivity contribution in [1.82, 2.24) is 10.6 Å². The lowest BCUT2D eigenvalue weighted by molar-refractivity contribution is -0.138. The van der Waals surface area contributed by atoms with Gasteiger partial charge in [-0.05, 0) is 24.7 Å². The van der Waals surface area contributed by atoms with Gasteiger partial charge in [-0.3, -0.25) is 9.59 Å². The number of primary amides is 1. The maximum Gasteiger partial charge on any atom is 0.314 e. The van der Waals surface area contributed by atoms with Gasteiger partial charge in [-0.2, -0.15) is 0 Å². The molecule has 7 nitrogen and oxygen atoms in total. The monoisotopic (exact) mass is 287 g/mol. The summed E-state index contributed by atoms with van der Waals surface area (Å²) >= 11 is 0. The van der Waals surface area contributed by atoms with Crippen molar-refractivity contribution in [1.29, 1.82) is 0 Å². The smallest absolute Gasteiger partial charge is 0.314 e. The fraction of sp³-hybridized carbons (Fsp3) is 0.769. The van der Waals surface area contributed by atoms with Gasteiger partial charge in [0, 0.05) is 25.9 Å². The van der Waals surface area contributed by atoms with Gasteiger partial charge in [0.1, 0.15) is 0 Å². The van der Waals surface area contributed by atoms with Gasteiger partial charge >= 0.3 is 12.0 Å². The molecule has 0 aliphatic rings. The summed E-state index contributed by atoms with van der Waals surface area (Å²) in [5.74, 6) is -0.964. The van der Waals surface area contributed by atoms with Crippen LogP contribution >= 0.6 is 0 Å². The van der Waals surface area contributed by atoms with Crippen molar-refractivity contribution in [3.8, 4) is 0 Å². The molecule has 0 rings (SSSR count). The van der Waals surface area contributed by atoms with E-state index in [2.05, 4.69) is 10.6 Å². The predicted molar refractivity (Wildman–Crippen MR) is 75.0 cm³/mol. The highest BCUT2D eigenvalue weighted by molar-refractivity contribution is 5.75. The Hall–Kier alpha value is -1.79. The molecule has 0 fully saturated rings. The van der Waals surface area contributed by atoms with Crippen LogP contribution in [-0.2, 0) is 9.59 Å². The average molecular weight is 287 g/mol. The summed E-state index contributed by atoms with van der Waals surface area (Å²) in [7, 11) is 0. The van der Waals surface area contributed by atoms with Crippen LogP contribution in [0.4, 0.5) is 4.79 Å². The van der Waals surface area contributed by atoms with E-state index in [0.717, 1.165) is 6.42 Å². The zero-order valence-electron chi connectivity index (χ0n) is 12.1. The number of hydrogen-bond acceptors (Lipinski definition) is 3. The van der Waals surface area contributed by atoms with E-state index < -0.39 is 11.9 Å². The zero-order valence-corrected chi connectivity index (χ0v) is 12.1. The van der Waals surface area contributed by atoms with Crippen LogP contribution in [0.1, 0.15) is 39.5 Å². The number of carboxylic acid groups (broad SMARTS) is 1. The van der Waals surface area contributed by atoms with Gasteiger partial charge < -0.3 is 21.5 Å². The van der Waals surface area contributed by atoms with Gasteiger partial charge in [-0.15, -0.1) is 0 Å². The highest BCUT2D eigenvalue weighted by Crippen LogP contribution is 2.14. The van der Waals surface area contributed by atoms with Crippen LogP contribution in [0, 0.1) is 11.8 Å². The van der Waals surface area contributed by atoms with Gasteiger partial charge in [0.15, 0.2) is 0 Å². The number of rotatable bonds is 10. The molecule has 0 bridgehead atoms. The van der Waals surface area contributed by atoms with Crippen LogP contribution in [0.15, 0.2) is 0 Å². The zero-order chi connectivity index (χ0) is 15.5. The van der Waals surface area contributed by atoms with Crippen LogP contribution in [0.5, 0.6) is 0 Å². The van der Waals surface area contributed by atoms with Crippen LogP contribution in [0.25, 0.3) is 0 Å². The number of urea groups is 1. The summed E-state index contributed by atoms with van der Waals surface area (Å²) in [5, 5.41) is 14.1. The number of carbonyl (C=O) groups excluding carboxylic acids is 2. The van der Waals surface area contributed by atoms with Crippen LogP contribution in [0.2, 0.25) is 0 Å². The lowest BCUT2D eigenvalue weighted by Crippen LogP contribution is -2.39. The van der Waals surface area contributed by atoms with Crippen molar-refractivity contribution in [3.05, 3.63) is 0 Å². The van der Waals surface area contributed by atoms with Crippen molar-refractivity contribution in [2.75, 3.05) is 13.1 Å². The maximum atomic E-state index is 11.5. The molecule has 20 heavy (non-hydrogen) atoms. The third-order valence-electron chi connectivity index (χ3n) is 2.70. The third kappa shape index (κ3) is 11.3. The summed E-state index contributed by atoms with van der Waals surface area (Å²) < 4.78 is 0. The Balaban J connectivity index is 3.91. The van der Waals surface area contributed by atoms with E-state index >= 15 is 0 Å². The molecule has 0 saturated carbocycles. The molecule has 116 valence electrons. The van der Waals surface area contributed by atoms with Crippen molar-refractivity contribution in [2.45, 2.75) is 39.5 Å². The van der Waals surface area contributed by atoms with E-state index in [-0.39, 0.29) is 24.8 Å². The molecular weight excluding hydrogens is 262 g/mol. The minimum Gasteiger partial charge on any atom is -0.481 e. The summed E-state index contributed by atoms with van der Waals surface area (Å²) in [6.45, 7) is 4.71. The molecule has 0 aromatic carbocycles.